The molecule has 1 aromatic carbocycles. The Hall–Kier alpha value is -0.630. The molecule has 0 aromatic heterocycles. The van der Waals surface area contributed by atoms with Crippen LogP contribution in [-0.4, -0.2) is 9.96 Å². The van der Waals surface area contributed by atoms with E-state index in [9.17, 15) is 4.21 Å². The normalized spacial score (nSPS) is 21.9. The third-order valence-electron chi connectivity index (χ3n) is 2.37. The van der Waals surface area contributed by atoms with Crippen molar-refractivity contribution in [2.45, 2.75) is 24.7 Å². The predicted octanol–water partition coefficient (Wildman–Crippen LogP) is 2.05. The summed E-state index contributed by atoms with van der Waals surface area (Å²) in [5, 5.41) is 0. The van der Waals surface area contributed by atoms with E-state index in [1.807, 2.05) is 12.1 Å². The first-order valence-corrected chi connectivity index (χ1v) is 5.58. The smallest absolute Gasteiger partial charge is 0.0532 e. The highest BCUT2D eigenvalue weighted by atomic mass is 32.2. The zero-order valence-electron chi connectivity index (χ0n) is 7.17. The van der Waals surface area contributed by atoms with E-state index in [0.29, 0.717) is 0 Å². The minimum Gasteiger partial charge on any atom is -0.254 e. The lowest BCUT2D eigenvalue weighted by Crippen LogP contribution is -2.10. The van der Waals surface area contributed by atoms with Gasteiger partial charge in [0, 0.05) is 10.6 Å². The summed E-state index contributed by atoms with van der Waals surface area (Å²) in [6.07, 6.45) is 2.18. The summed E-state index contributed by atoms with van der Waals surface area (Å²) in [6.45, 7) is 2.10. The van der Waals surface area contributed by atoms with Gasteiger partial charge in [-0.05, 0) is 37.0 Å². The zero-order chi connectivity index (χ0) is 8.55. The van der Waals surface area contributed by atoms with Crippen LogP contribution in [0.25, 0.3) is 0 Å². The van der Waals surface area contributed by atoms with Gasteiger partial charge >= 0.3 is 0 Å². The van der Waals surface area contributed by atoms with Gasteiger partial charge in [-0.1, -0.05) is 12.1 Å². The molecule has 0 bridgehead atoms. The van der Waals surface area contributed by atoms with Crippen LogP contribution in [0, 0.1) is 6.92 Å². The molecule has 2 rings (SSSR count). The van der Waals surface area contributed by atoms with Gasteiger partial charge in [-0.15, -0.1) is 0 Å². The first-order chi connectivity index (χ1) is 5.79. The number of hydrogen-bond acceptors (Lipinski definition) is 1. The Bertz CT molecular complexity index is 331. The molecule has 64 valence electrons. The van der Waals surface area contributed by atoms with Gasteiger partial charge in [0.15, 0.2) is 0 Å². The SMILES string of the molecule is Cc1cccc2c1CCCS2=O. The Morgan fingerprint density at radius 1 is 1.42 bits per heavy atom. The summed E-state index contributed by atoms with van der Waals surface area (Å²) in [6, 6.07) is 6.09. The summed E-state index contributed by atoms with van der Waals surface area (Å²) >= 11 is 0. The van der Waals surface area contributed by atoms with Crippen molar-refractivity contribution in [2.75, 3.05) is 5.75 Å². The van der Waals surface area contributed by atoms with Crippen LogP contribution in [0.4, 0.5) is 0 Å². The quantitative estimate of drug-likeness (QED) is 0.597. The van der Waals surface area contributed by atoms with E-state index in [1.54, 1.807) is 0 Å². The van der Waals surface area contributed by atoms with Crippen LogP contribution in [0.15, 0.2) is 23.1 Å². The predicted molar refractivity (Wildman–Crippen MR) is 50.8 cm³/mol. The molecule has 1 unspecified atom stereocenters. The third kappa shape index (κ3) is 1.20. The first-order valence-electron chi connectivity index (χ1n) is 4.26. The molecule has 1 aromatic rings. The summed E-state index contributed by atoms with van der Waals surface area (Å²) in [4.78, 5) is 1.07. The standard InChI is InChI=1S/C10H12OS/c1-8-4-2-6-10-9(8)5-3-7-12(10)11/h2,4,6H,3,5,7H2,1H3. The minimum absolute atomic E-state index is 0.725. The Morgan fingerprint density at radius 3 is 3.00 bits per heavy atom. The van der Waals surface area contributed by atoms with Crippen molar-refractivity contribution in [1.29, 1.82) is 0 Å². The molecule has 1 aliphatic rings. The highest BCUT2D eigenvalue weighted by Gasteiger charge is 2.16. The number of hydrogen-bond donors (Lipinski definition) is 0. The van der Waals surface area contributed by atoms with Crippen LogP contribution in [0.3, 0.4) is 0 Å². The molecule has 1 heterocycles. The van der Waals surface area contributed by atoms with Crippen molar-refractivity contribution in [3.63, 3.8) is 0 Å². The molecule has 2 heteroatoms. The molecule has 1 aliphatic heterocycles. The summed E-state index contributed by atoms with van der Waals surface area (Å²) in [5.41, 5.74) is 2.61. The van der Waals surface area contributed by atoms with Crippen molar-refractivity contribution >= 4 is 10.8 Å². The molecular formula is C10H12OS. The monoisotopic (exact) mass is 180 g/mol. The van der Waals surface area contributed by atoms with Gasteiger partial charge in [0.1, 0.15) is 0 Å². The Balaban J connectivity index is 2.59. The molecule has 0 saturated carbocycles. The van der Waals surface area contributed by atoms with E-state index in [1.165, 1.54) is 11.1 Å². The lowest BCUT2D eigenvalue weighted by atomic mass is 10.0. The second-order valence-electron chi connectivity index (χ2n) is 3.20. The molecule has 0 aliphatic carbocycles. The van der Waals surface area contributed by atoms with Crippen LogP contribution in [0.5, 0.6) is 0 Å². The molecule has 0 saturated heterocycles. The second-order valence-corrected chi connectivity index (χ2v) is 4.74. The highest BCUT2D eigenvalue weighted by Crippen LogP contribution is 2.24. The molecule has 0 spiro atoms. The maximum atomic E-state index is 11.5. The van der Waals surface area contributed by atoms with Crippen molar-refractivity contribution in [3.8, 4) is 0 Å². The van der Waals surface area contributed by atoms with Gasteiger partial charge in [0.05, 0.1) is 10.8 Å². The lowest BCUT2D eigenvalue weighted by Gasteiger charge is -2.16. The van der Waals surface area contributed by atoms with Gasteiger partial charge in [0.25, 0.3) is 0 Å². The Morgan fingerprint density at radius 2 is 2.25 bits per heavy atom. The lowest BCUT2D eigenvalue weighted by molar-refractivity contribution is 0.673. The topological polar surface area (TPSA) is 17.1 Å². The van der Waals surface area contributed by atoms with E-state index in [0.717, 1.165) is 23.5 Å². The van der Waals surface area contributed by atoms with Crippen LogP contribution in [0.2, 0.25) is 0 Å². The number of fused-ring (bicyclic) bond motifs is 1. The summed E-state index contributed by atoms with van der Waals surface area (Å²) in [7, 11) is -0.725. The summed E-state index contributed by atoms with van der Waals surface area (Å²) in [5.74, 6) is 0.844. The Kier molecular flexibility index (Phi) is 2.01. The largest absolute Gasteiger partial charge is 0.254 e. The fraction of sp³-hybridized carbons (Fsp3) is 0.400. The van der Waals surface area contributed by atoms with Crippen molar-refractivity contribution in [3.05, 3.63) is 29.3 Å². The maximum Gasteiger partial charge on any atom is 0.0532 e. The molecule has 1 atom stereocenters. The molecule has 0 amide bonds. The van der Waals surface area contributed by atoms with Crippen LogP contribution in [0.1, 0.15) is 17.5 Å². The molecule has 1 nitrogen and oxygen atoms in total. The van der Waals surface area contributed by atoms with E-state index >= 15 is 0 Å². The number of rotatable bonds is 0. The minimum atomic E-state index is -0.725. The van der Waals surface area contributed by atoms with Gasteiger partial charge < -0.3 is 0 Å². The molecule has 0 fully saturated rings. The van der Waals surface area contributed by atoms with Gasteiger partial charge in [-0.25, -0.2) is 0 Å². The molecular weight excluding hydrogens is 168 g/mol. The third-order valence-corrected chi connectivity index (χ3v) is 3.90. The van der Waals surface area contributed by atoms with E-state index in [-0.39, 0.29) is 0 Å². The maximum absolute atomic E-state index is 11.5. The molecule has 0 radical (unpaired) electrons. The van der Waals surface area contributed by atoms with Crippen molar-refractivity contribution < 1.29 is 4.21 Å². The molecule has 12 heavy (non-hydrogen) atoms. The first kappa shape index (κ1) is 7.99. The highest BCUT2D eigenvalue weighted by molar-refractivity contribution is 7.85. The Labute approximate surface area is 75.3 Å². The molecule has 0 N–H and O–H groups in total. The van der Waals surface area contributed by atoms with E-state index in [4.69, 9.17) is 0 Å². The van der Waals surface area contributed by atoms with Crippen molar-refractivity contribution in [2.24, 2.45) is 0 Å². The average molecular weight is 180 g/mol. The van der Waals surface area contributed by atoms with Gasteiger partial charge in [0.2, 0.25) is 0 Å². The van der Waals surface area contributed by atoms with Gasteiger partial charge in [-0.2, -0.15) is 0 Å². The zero-order valence-corrected chi connectivity index (χ0v) is 7.99. The average Bonchev–Trinajstić information content (AvgIpc) is 2.07. The van der Waals surface area contributed by atoms with Crippen molar-refractivity contribution in [1.82, 2.24) is 0 Å². The van der Waals surface area contributed by atoms with E-state index in [2.05, 4.69) is 13.0 Å². The fourth-order valence-corrected chi connectivity index (χ4v) is 3.09. The van der Waals surface area contributed by atoms with Crippen LogP contribution >= 0.6 is 0 Å². The van der Waals surface area contributed by atoms with Crippen LogP contribution in [-0.2, 0) is 17.2 Å². The van der Waals surface area contributed by atoms with E-state index < -0.39 is 10.8 Å². The second kappa shape index (κ2) is 3.02. The number of benzene rings is 1. The van der Waals surface area contributed by atoms with Crippen LogP contribution < -0.4 is 0 Å². The number of aryl methyl sites for hydroxylation is 1. The summed E-state index contributed by atoms with van der Waals surface area (Å²) < 4.78 is 11.5. The fourth-order valence-electron chi connectivity index (χ4n) is 1.70. The van der Waals surface area contributed by atoms with Gasteiger partial charge in [-0.3, -0.25) is 4.21 Å².